The second-order valence-electron chi connectivity index (χ2n) is 5.94. The summed E-state index contributed by atoms with van der Waals surface area (Å²) >= 11 is 0. The number of sulfonamides is 1. The number of amides is 2. The molecule has 11 heteroatoms. The average Bonchev–Trinajstić information content (AvgIpc) is 3.01. The Kier molecular flexibility index (Phi) is 6.28. The Labute approximate surface area is 157 Å². The maximum Gasteiger partial charge on any atom is 0.248 e. The first-order valence-electron chi connectivity index (χ1n) is 8.03. The Morgan fingerprint density at radius 2 is 1.89 bits per heavy atom. The molecule has 2 N–H and O–H groups in total. The van der Waals surface area contributed by atoms with E-state index in [2.05, 4.69) is 20.8 Å². The lowest BCUT2D eigenvalue weighted by Crippen LogP contribution is -2.39. The van der Waals surface area contributed by atoms with Gasteiger partial charge in [-0.25, -0.2) is 8.42 Å². The fourth-order valence-electron chi connectivity index (χ4n) is 2.22. The largest absolute Gasteiger partial charge is 0.343 e. The van der Waals surface area contributed by atoms with Gasteiger partial charge in [0.05, 0.1) is 11.4 Å². The van der Waals surface area contributed by atoms with Gasteiger partial charge in [-0.3, -0.25) is 9.59 Å². The average molecular weight is 395 g/mol. The van der Waals surface area contributed by atoms with Gasteiger partial charge in [0.1, 0.15) is 6.04 Å². The monoisotopic (exact) mass is 395 g/mol. The van der Waals surface area contributed by atoms with E-state index in [-0.39, 0.29) is 23.2 Å². The Bertz CT molecular complexity index is 923. The normalized spacial score (nSPS) is 12.6. The maximum absolute atomic E-state index is 12.6. The number of likely N-dealkylation sites (N-methyl/N-ethyl adjacent to an activating group) is 1. The number of anilines is 1. The molecule has 1 aromatic carbocycles. The fourth-order valence-corrected chi connectivity index (χ4v) is 3.35. The second kappa shape index (κ2) is 8.27. The molecule has 0 aliphatic heterocycles. The molecule has 1 aromatic heterocycles. The molecule has 0 aliphatic carbocycles. The molecule has 10 nitrogen and oxygen atoms in total. The van der Waals surface area contributed by atoms with Gasteiger partial charge in [0.15, 0.2) is 5.82 Å². The van der Waals surface area contributed by atoms with Gasteiger partial charge in [0, 0.05) is 19.7 Å². The molecule has 0 saturated heterocycles. The van der Waals surface area contributed by atoms with Gasteiger partial charge < -0.3 is 15.2 Å². The summed E-state index contributed by atoms with van der Waals surface area (Å²) in [5, 5.41) is 8.80. The van der Waals surface area contributed by atoms with E-state index in [1.165, 1.54) is 38.2 Å². The topological polar surface area (TPSA) is 134 Å². The van der Waals surface area contributed by atoms with Crippen LogP contribution >= 0.6 is 0 Å². The number of carbonyl (C=O) groups excluding carboxylic acids is 2. The van der Waals surface area contributed by atoms with E-state index in [1.54, 1.807) is 13.8 Å². The van der Waals surface area contributed by atoms with Crippen molar-refractivity contribution in [2.75, 3.05) is 18.9 Å². The van der Waals surface area contributed by atoms with Crippen LogP contribution in [0.3, 0.4) is 0 Å². The van der Waals surface area contributed by atoms with Crippen LogP contribution in [0.2, 0.25) is 0 Å². The molecule has 0 radical (unpaired) electrons. The number of rotatable bonds is 7. The standard InChI is InChI=1S/C16H21N5O5S/c1-10(16-18-11(2)20-26-16)17-15(23)9-21(4)27(24,25)14-7-5-13(6-8-14)19-12(3)22/h5-8,10H,9H2,1-4H3,(H,17,23)(H,19,22). The van der Waals surface area contributed by atoms with Crippen molar-refractivity contribution in [1.82, 2.24) is 19.8 Å². The third-order valence-corrected chi connectivity index (χ3v) is 5.36. The van der Waals surface area contributed by atoms with Gasteiger partial charge in [-0.05, 0) is 38.1 Å². The predicted molar refractivity (Wildman–Crippen MR) is 96.2 cm³/mol. The maximum atomic E-state index is 12.6. The van der Waals surface area contributed by atoms with Crippen molar-refractivity contribution in [3.8, 4) is 0 Å². The van der Waals surface area contributed by atoms with Gasteiger partial charge in [-0.15, -0.1) is 0 Å². The lowest BCUT2D eigenvalue weighted by molar-refractivity contribution is -0.122. The van der Waals surface area contributed by atoms with E-state index in [1.807, 2.05) is 0 Å². The summed E-state index contributed by atoms with van der Waals surface area (Å²) in [5.41, 5.74) is 0.477. The molecule has 2 amide bonds. The fraction of sp³-hybridized carbons (Fsp3) is 0.375. The highest BCUT2D eigenvalue weighted by Crippen LogP contribution is 2.17. The van der Waals surface area contributed by atoms with Crippen molar-refractivity contribution in [3.63, 3.8) is 0 Å². The molecule has 27 heavy (non-hydrogen) atoms. The number of aryl methyl sites for hydroxylation is 1. The molecule has 146 valence electrons. The number of nitrogens with zero attached hydrogens (tertiary/aromatic N) is 3. The zero-order valence-corrected chi connectivity index (χ0v) is 16.2. The van der Waals surface area contributed by atoms with Crippen molar-refractivity contribution in [3.05, 3.63) is 36.0 Å². The number of carbonyl (C=O) groups is 2. The van der Waals surface area contributed by atoms with Crippen LogP contribution in [0.5, 0.6) is 0 Å². The molecule has 0 saturated carbocycles. The summed E-state index contributed by atoms with van der Waals surface area (Å²) in [4.78, 5) is 27.2. The highest BCUT2D eigenvalue weighted by atomic mass is 32.2. The van der Waals surface area contributed by atoms with Crippen molar-refractivity contribution in [1.29, 1.82) is 0 Å². The first kappa shape index (κ1) is 20.5. The smallest absolute Gasteiger partial charge is 0.248 e. The van der Waals surface area contributed by atoms with Gasteiger partial charge in [-0.1, -0.05) is 5.16 Å². The molecule has 1 heterocycles. The van der Waals surface area contributed by atoms with Crippen molar-refractivity contribution < 1.29 is 22.5 Å². The Morgan fingerprint density at radius 3 is 2.41 bits per heavy atom. The van der Waals surface area contributed by atoms with Crippen LogP contribution < -0.4 is 10.6 Å². The van der Waals surface area contributed by atoms with E-state index >= 15 is 0 Å². The van der Waals surface area contributed by atoms with Crippen LogP contribution in [0.15, 0.2) is 33.7 Å². The van der Waals surface area contributed by atoms with Gasteiger partial charge in [0.25, 0.3) is 0 Å². The highest BCUT2D eigenvalue weighted by molar-refractivity contribution is 7.89. The van der Waals surface area contributed by atoms with E-state index in [9.17, 15) is 18.0 Å². The minimum absolute atomic E-state index is 0.00692. The predicted octanol–water partition coefficient (Wildman–Crippen LogP) is 0.834. The van der Waals surface area contributed by atoms with Gasteiger partial charge in [-0.2, -0.15) is 9.29 Å². The molecule has 1 atom stereocenters. The summed E-state index contributed by atoms with van der Waals surface area (Å²) < 4.78 is 31.1. The molecule has 0 spiro atoms. The minimum Gasteiger partial charge on any atom is -0.343 e. The summed E-state index contributed by atoms with van der Waals surface area (Å²) in [6, 6.07) is 5.12. The molecule has 0 aliphatic rings. The van der Waals surface area contributed by atoms with Crippen LogP contribution in [0.1, 0.15) is 31.6 Å². The van der Waals surface area contributed by atoms with Crippen LogP contribution in [0.25, 0.3) is 0 Å². The van der Waals surface area contributed by atoms with E-state index in [4.69, 9.17) is 4.52 Å². The second-order valence-corrected chi connectivity index (χ2v) is 7.98. The molecular weight excluding hydrogens is 374 g/mol. The Morgan fingerprint density at radius 1 is 1.26 bits per heavy atom. The summed E-state index contributed by atoms with van der Waals surface area (Å²) in [6.45, 7) is 4.28. The number of benzene rings is 1. The summed E-state index contributed by atoms with van der Waals surface area (Å²) in [7, 11) is -2.56. The van der Waals surface area contributed by atoms with Gasteiger partial charge in [0.2, 0.25) is 27.7 Å². The third-order valence-electron chi connectivity index (χ3n) is 3.54. The van der Waals surface area contributed by atoms with Crippen LogP contribution in [-0.2, 0) is 19.6 Å². The molecule has 2 rings (SSSR count). The van der Waals surface area contributed by atoms with E-state index < -0.39 is 22.0 Å². The number of aromatic nitrogens is 2. The van der Waals surface area contributed by atoms with E-state index in [0.717, 1.165) is 4.31 Å². The van der Waals surface area contributed by atoms with Crippen LogP contribution in [-0.4, -0.2) is 48.3 Å². The van der Waals surface area contributed by atoms with Crippen molar-refractivity contribution in [2.24, 2.45) is 0 Å². The van der Waals surface area contributed by atoms with Crippen LogP contribution in [0, 0.1) is 6.92 Å². The lowest BCUT2D eigenvalue weighted by atomic mass is 10.3. The first-order valence-corrected chi connectivity index (χ1v) is 9.47. The zero-order chi connectivity index (χ0) is 20.2. The third kappa shape index (κ3) is 5.34. The number of hydrogen-bond donors (Lipinski definition) is 2. The van der Waals surface area contributed by atoms with Crippen LogP contribution in [0.4, 0.5) is 5.69 Å². The number of nitrogens with one attached hydrogen (secondary N) is 2. The van der Waals surface area contributed by atoms with Crippen molar-refractivity contribution >= 4 is 27.5 Å². The number of hydrogen-bond acceptors (Lipinski definition) is 7. The SMILES string of the molecule is CC(=O)Nc1ccc(S(=O)(=O)N(C)CC(=O)NC(C)c2nc(C)no2)cc1. The molecule has 0 fully saturated rings. The summed E-state index contributed by atoms with van der Waals surface area (Å²) in [5.74, 6) is -0.0994. The quantitative estimate of drug-likeness (QED) is 0.709. The summed E-state index contributed by atoms with van der Waals surface area (Å²) in [6.07, 6.45) is 0. The first-order chi connectivity index (χ1) is 12.6. The molecule has 0 bridgehead atoms. The molecular formula is C16H21N5O5S. The van der Waals surface area contributed by atoms with Gasteiger partial charge >= 0.3 is 0 Å². The zero-order valence-electron chi connectivity index (χ0n) is 15.4. The Hall–Kier alpha value is -2.79. The highest BCUT2D eigenvalue weighted by Gasteiger charge is 2.24. The van der Waals surface area contributed by atoms with E-state index in [0.29, 0.717) is 11.5 Å². The molecule has 1 unspecified atom stereocenters. The molecule has 2 aromatic rings. The minimum atomic E-state index is -3.87. The van der Waals surface area contributed by atoms with Crippen molar-refractivity contribution in [2.45, 2.75) is 31.7 Å². The Balaban J connectivity index is 2.01. The lowest BCUT2D eigenvalue weighted by Gasteiger charge is -2.18.